The van der Waals surface area contributed by atoms with E-state index in [-0.39, 0.29) is 11.8 Å². The van der Waals surface area contributed by atoms with Crippen LogP contribution in [0, 0.1) is 5.92 Å². The normalized spacial score (nSPS) is 20.0. The van der Waals surface area contributed by atoms with Crippen molar-refractivity contribution in [2.45, 2.75) is 57.4 Å². The molecule has 1 atom stereocenters. The highest BCUT2D eigenvalue weighted by molar-refractivity contribution is 5.97. The molecule has 5 nitrogen and oxygen atoms in total. The SMILES string of the molecule is COc1ccccc1N1C[C@@H](c2nc3ccccc3n2CCC2CCCCC2)CC1=O. The summed E-state index contributed by atoms with van der Waals surface area (Å²) < 4.78 is 7.91. The number of benzene rings is 2. The third-order valence-corrected chi connectivity index (χ3v) is 7.04. The molecule has 0 unspecified atom stereocenters. The number of aryl methyl sites for hydroxylation is 1. The molecule has 2 fully saturated rings. The van der Waals surface area contributed by atoms with E-state index in [2.05, 4.69) is 22.8 Å². The number of carbonyl (C=O) groups is 1. The molecular formula is C26H31N3O2. The van der Waals surface area contributed by atoms with Crippen LogP contribution >= 0.6 is 0 Å². The fourth-order valence-electron chi connectivity index (χ4n) is 5.39. The van der Waals surface area contributed by atoms with Crippen molar-refractivity contribution in [1.82, 2.24) is 9.55 Å². The highest BCUT2D eigenvalue weighted by Crippen LogP contribution is 2.37. The van der Waals surface area contributed by atoms with Gasteiger partial charge in [-0.3, -0.25) is 4.79 Å². The van der Waals surface area contributed by atoms with Crippen molar-refractivity contribution in [2.75, 3.05) is 18.6 Å². The molecule has 0 spiro atoms. The zero-order chi connectivity index (χ0) is 21.2. The van der Waals surface area contributed by atoms with Crippen LogP contribution in [-0.4, -0.2) is 29.1 Å². The lowest BCUT2D eigenvalue weighted by atomic mass is 9.87. The fraction of sp³-hybridized carbons (Fsp3) is 0.462. The molecule has 1 aliphatic heterocycles. The number of anilines is 1. The van der Waals surface area contributed by atoms with Crippen molar-refractivity contribution in [1.29, 1.82) is 0 Å². The van der Waals surface area contributed by atoms with Crippen LogP contribution in [-0.2, 0) is 11.3 Å². The number of nitrogens with zero attached hydrogens (tertiary/aromatic N) is 3. The average Bonchev–Trinajstić information content (AvgIpc) is 3.38. The number of fused-ring (bicyclic) bond motifs is 1. The largest absolute Gasteiger partial charge is 0.495 e. The highest BCUT2D eigenvalue weighted by atomic mass is 16.5. The first-order chi connectivity index (χ1) is 15.2. The van der Waals surface area contributed by atoms with Crippen molar-refractivity contribution in [2.24, 2.45) is 5.92 Å². The van der Waals surface area contributed by atoms with Crippen LogP contribution in [0.1, 0.15) is 56.7 Å². The van der Waals surface area contributed by atoms with Gasteiger partial charge >= 0.3 is 0 Å². The molecule has 1 saturated carbocycles. The lowest BCUT2D eigenvalue weighted by molar-refractivity contribution is -0.117. The molecule has 1 aromatic heterocycles. The fourth-order valence-corrected chi connectivity index (χ4v) is 5.39. The summed E-state index contributed by atoms with van der Waals surface area (Å²) in [5, 5.41) is 0. The number of hydrogen-bond donors (Lipinski definition) is 0. The van der Waals surface area contributed by atoms with E-state index in [0.29, 0.717) is 13.0 Å². The molecule has 31 heavy (non-hydrogen) atoms. The van der Waals surface area contributed by atoms with Gasteiger partial charge in [0.2, 0.25) is 5.91 Å². The van der Waals surface area contributed by atoms with Gasteiger partial charge in [-0.25, -0.2) is 4.98 Å². The standard InChI is InChI=1S/C26H31N3O2/c1-31-24-14-8-7-13-23(24)29-18-20(17-25(29)30)26-27-21-11-5-6-12-22(21)28(26)16-15-19-9-3-2-4-10-19/h5-8,11-14,19-20H,2-4,9-10,15-18H2,1H3/t20-/m0/s1. The van der Waals surface area contributed by atoms with Crippen LogP contribution in [0.25, 0.3) is 11.0 Å². The van der Waals surface area contributed by atoms with Gasteiger partial charge in [0.25, 0.3) is 0 Å². The van der Waals surface area contributed by atoms with Gasteiger partial charge in [-0.2, -0.15) is 0 Å². The molecule has 1 saturated heterocycles. The molecule has 3 aromatic rings. The second-order valence-electron chi connectivity index (χ2n) is 8.98. The molecular weight excluding hydrogens is 386 g/mol. The van der Waals surface area contributed by atoms with Gasteiger partial charge < -0.3 is 14.2 Å². The van der Waals surface area contributed by atoms with Gasteiger partial charge in [0.1, 0.15) is 11.6 Å². The van der Waals surface area contributed by atoms with Crippen molar-refractivity contribution in [3.8, 4) is 5.75 Å². The molecule has 5 heteroatoms. The Kier molecular flexibility index (Phi) is 5.66. The second-order valence-corrected chi connectivity index (χ2v) is 8.98. The average molecular weight is 418 g/mol. The number of para-hydroxylation sites is 4. The van der Waals surface area contributed by atoms with Crippen LogP contribution in [0.2, 0.25) is 0 Å². The predicted molar refractivity (Wildman–Crippen MR) is 124 cm³/mol. The lowest BCUT2D eigenvalue weighted by Crippen LogP contribution is -2.25. The molecule has 2 heterocycles. The number of methoxy groups -OCH3 is 1. The van der Waals surface area contributed by atoms with Gasteiger partial charge in [0.15, 0.2) is 0 Å². The Hall–Kier alpha value is -2.82. The summed E-state index contributed by atoms with van der Waals surface area (Å²) >= 11 is 0. The number of aromatic nitrogens is 2. The Morgan fingerprint density at radius 3 is 2.65 bits per heavy atom. The first-order valence-corrected chi connectivity index (χ1v) is 11.6. The Bertz CT molecular complexity index is 1070. The predicted octanol–water partition coefficient (Wildman–Crippen LogP) is 5.54. The number of rotatable bonds is 6. The van der Waals surface area contributed by atoms with Gasteiger partial charge in [0, 0.05) is 25.4 Å². The van der Waals surface area contributed by atoms with E-state index in [1.165, 1.54) is 44.0 Å². The summed E-state index contributed by atoms with van der Waals surface area (Å²) in [6.07, 6.45) is 8.52. The van der Waals surface area contributed by atoms with E-state index in [1.54, 1.807) is 7.11 Å². The third-order valence-electron chi connectivity index (χ3n) is 7.04. The maximum atomic E-state index is 13.0. The zero-order valence-electron chi connectivity index (χ0n) is 18.3. The van der Waals surface area contributed by atoms with Gasteiger partial charge in [-0.1, -0.05) is 56.4 Å². The summed E-state index contributed by atoms with van der Waals surface area (Å²) in [5.74, 6) is 2.85. The molecule has 5 rings (SSSR count). The van der Waals surface area contributed by atoms with Crippen LogP contribution in [0.4, 0.5) is 5.69 Å². The molecule has 162 valence electrons. The van der Waals surface area contributed by atoms with E-state index in [0.717, 1.165) is 35.2 Å². The van der Waals surface area contributed by atoms with Crippen molar-refractivity contribution in [3.63, 3.8) is 0 Å². The van der Waals surface area contributed by atoms with Gasteiger partial charge in [0.05, 0.1) is 23.8 Å². The number of amides is 1. The summed E-state index contributed by atoms with van der Waals surface area (Å²) in [4.78, 5) is 19.9. The van der Waals surface area contributed by atoms with Crippen LogP contribution < -0.4 is 9.64 Å². The molecule has 2 aromatic carbocycles. The number of imidazole rings is 1. The minimum atomic E-state index is 0.0937. The Balaban J connectivity index is 1.43. The maximum absolute atomic E-state index is 13.0. The van der Waals surface area contributed by atoms with Gasteiger partial charge in [-0.05, 0) is 36.6 Å². The summed E-state index contributed by atoms with van der Waals surface area (Å²) in [6, 6.07) is 16.2. The summed E-state index contributed by atoms with van der Waals surface area (Å²) in [7, 11) is 1.65. The number of carbonyl (C=O) groups excluding carboxylic acids is 1. The topological polar surface area (TPSA) is 47.4 Å². The Morgan fingerprint density at radius 1 is 1.03 bits per heavy atom. The molecule has 0 N–H and O–H groups in total. The molecule has 0 radical (unpaired) electrons. The van der Waals surface area contributed by atoms with Crippen LogP contribution in [0.3, 0.4) is 0 Å². The Morgan fingerprint density at radius 2 is 1.81 bits per heavy atom. The smallest absolute Gasteiger partial charge is 0.227 e. The first kappa shape index (κ1) is 20.1. The van der Waals surface area contributed by atoms with Crippen LogP contribution in [0.15, 0.2) is 48.5 Å². The monoisotopic (exact) mass is 417 g/mol. The summed E-state index contributed by atoms with van der Waals surface area (Å²) in [6.45, 7) is 1.63. The molecule has 1 aliphatic carbocycles. The van der Waals surface area contributed by atoms with E-state index >= 15 is 0 Å². The minimum absolute atomic E-state index is 0.0937. The van der Waals surface area contributed by atoms with Gasteiger partial charge in [-0.15, -0.1) is 0 Å². The second kappa shape index (κ2) is 8.74. The molecule has 1 amide bonds. The third kappa shape index (κ3) is 3.93. The summed E-state index contributed by atoms with van der Waals surface area (Å²) in [5.41, 5.74) is 3.07. The van der Waals surface area contributed by atoms with E-state index < -0.39 is 0 Å². The molecule has 0 bridgehead atoms. The van der Waals surface area contributed by atoms with Crippen molar-refractivity contribution >= 4 is 22.6 Å². The minimum Gasteiger partial charge on any atom is -0.495 e. The van der Waals surface area contributed by atoms with Crippen LogP contribution in [0.5, 0.6) is 5.75 Å². The molecule has 2 aliphatic rings. The zero-order valence-corrected chi connectivity index (χ0v) is 18.3. The number of ether oxygens (including phenoxy) is 1. The lowest BCUT2D eigenvalue weighted by Gasteiger charge is -2.23. The van der Waals surface area contributed by atoms with E-state index in [9.17, 15) is 4.79 Å². The van der Waals surface area contributed by atoms with E-state index in [4.69, 9.17) is 9.72 Å². The quantitative estimate of drug-likeness (QED) is 0.529. The van der Waals surface area contributed by atoms with E-state index in [1.807, 2.05) is 35.2 Å². The Labute approximate surface area is 184 Å². The first-order valence-electron chi connectivity index (χ1n) is 11.6. The van der Waals surface area contributed by atoms with Crippen molar-refractivity contribution in [3.05, 3.63) is 54.4 Å². The maximum Gasteiger partial charge on any atom is 0.227 e. The number of hydrogen-bond acceptors (Lipinski definition) is 3. The van der Waals surface area contributed by atoms with Crippen molar-refractivity contribution < 1.29 is 9.53 Å². The highest BCUT2D eigenvalue weighted by Gasteiger charge is 2.36.